The van der Waals surface area contributed by atoms with E-state index >= 15 is 0 Å². The third-order valence-electron chi connectivity index (χ3n) is 6.02. The second-order valence-corrected chi connectivity index (χ2v) is 8.09. The van der Waals surface area contributed by atoms with Crippen molar-refractivity contribution in [2.24, 2.45) is 0 Å². The fourth-order valence-corrected chi connectivity index (χ4v) is 4.28. The number of aryl methyl sites for hydroxylation is 2. The normalized spacial score (nSPS) is 18.5. The minimum Gasteiger partial charge on any atom is -0.481 e. The molecule has 0 spiro atoms. The first-order chi connectivity index (χ1) is 15.1. The summed E-state index contributed by atoms with van der Waals surface area (Å²) >= 11 is 0. The van der Waals surface area contributed by atoms with E-state index < -0.39 is 6.10 Å². The standard InChI is InChI=1S/C22H26N4O5/c1-15(31-17-5-6-19-20(13-17)30-14-29-19)21(27)24-8-10-25(11-9-24)22(28)18-12-16-4-2-3-7-26(16)23-18/h5-6,12-13,15H,2-4,7-11,14H2,1H3/t15-/m1/s1. The zero-order valence-electron chi connectivity index (χ0n) is 17.6. The monoisotopic (exact) mass is 426 g/mol. The predicted molar refractivity (Wildman–Crippen MR) is 110 cm³/mol. The zero-order valence-corrected chi connectivity index (χ0v) is 17.6. The van der Waals surface area contributed by atoms with Gasteiger partial charge in [-0.2, -0.15) is 5.10 Å². The molecule has 5 rings (SSSR count). The molecule has 4 heterocycles. The number of carbonyl (C=O) groups is 2. The first-order valence-electron chi connectivity index (χ1n) is 10.8. The number of fused-ring (bicyclic) bond motifs is 2. The maximum Gasteiger partial charge on any atom is 0.274 e. The number of amides is 2. The van der Waals surface area contributed by atoms with Gasteiger partial charge in [-0.1, -0.05) is 0 Å². The van der Waals surface area contributed by atoms with Crippen LogP contribution in [0.3, 0.4) is 0 Å². The lowest BCUT2D eigenvalue weighted by Gasteiger charge is -2.35. The summed E-state index contributed by atoms with van der Waals surface area (Å²) in [5.74, 6) is 1.69. The Kier molecular flexibility index (Phi) is 5.17. The van der Waals surface area contributed by atoms with E-state index in [-0.39, 0.29) is 18.6 Å². The highest BCUT2D eigenvalue weighted by molar-refractivity contribution is 5.92. The van der Waals surface area contributed by atoms with E-state index in [1.54, 1.807) is 34.9 Å². The Morgan fingerprint density at radius 3 is 2.58 bits per heavy atom. The van der Waals surface area contributed by atoms with Gasteiger partial charge in [-0.3, -0.25) is 14.3 Å². The van der Waals surface area contributed by atoms with Crippen molar-refractivity contribution in [1.29, 1.82) is 0 Å². The van der Waals surface area contributed by atoms with Gasteiger partial charge in [-0.25, -0.2) is 0 Å². The average Bonchev–Trinajstić information content (AvgIpc) is 3.44. The van der Waals surface area contributed by atoms with Gasteiger partial charge >= 0.3 is 0 Å². The number of hydrogen-bond donors (Lipinski definition) is 0. The summed E-state index contributed by atoms with van der Waals surface area (Å²) < 4.78 is 18.4. The van der Waals surface area contributed by atoms with Crippen LogP contribution in [0.2, 0.25) is 0 Å². The van der Waals surface area contributed by atoms with Crippen LogP contribution in [0.25, 0.3) is 0 Å². The first-order valence-corrected chi connectivity index (χ1v) is 10.8. The number of benzene rings is 1. The van der Waals surface area contributed by atoms with E-state index in [9.17, 15) is 9.59 Å². The molecule has 31 heavy (non-hydrogen) atoms. The highest BCUT2D eigenvalue weighted by Crippen LogP contribution is 2.35. The minimum atomic E-state index is -0.637. The van der Waals surface area contributed by atoms with Crippen LogP contribution in [0.5, 0.6) is 17.2 Å². The fraction of sp³-hybridized carbons (Fsp3) is 0.500. The van der Waals surface area contributed by atoms with Crippen molar-refractivity contribution in [3.05, 3.63) is 35.7 Å². The van der Waals surface area contributed by atoms with Crippen LogP contribution in [-0.4, -0.2) is 70.5 Å². The number of rotatable bonds is 4. The van der Waals surface area contributed by atoms with Crippen molar-refractivity contribution < 1.29 is 23.8 Å². The van der Waals surface area contributed by atoms with E-state index in [2.05, 4.69) is 5.10 Å². The van der Waals surface area contributed by atoms with Gasteiger partial charge < -0.3 is 24.0 Å². The molecule has 164 valence electrons. The molecule has 1 aromatic heterocycles. The Labute approximate surface area is 180 Å². The summed E-state index contributed by atoms with van der Waals surface area (Å²) in [7, 11) is 0. The molecule has 1 aromatic carbocycles. The Morgan fingerprint density at radius 1 is 1.00 bits per heavy atom. The number of carbonyl (C=O) groups excluding carboxylic acids is 2. The van der Waals surface area contributed by atoms with Gasteiger partial charge in [-0.15, -0.1) is 0 Å². The minimum absolute atomic E-state index is 0.0568. The van der Waals surface area contributed by atoms with Crippen LogP contribution in [0.4, 0.5) is 0 Å². The van der Waals surface area contributed by atoms with Gasteiger partial charge in [0.1, 0.15) is 5.75 Å². The third kappa shape index (κ3) is 3.92. The molecule has 1 saturated heterocycles. The molecule has 0 unspecified atom stereocenters. The molecule has 0 aliphatic carbocycles. The fourth-order valence-electron chi connectivity index (χ4n) is 4.28. The Bertz CT molecular complexity index is 972. The molecule has 0 N–H and O–H groups in total. The van der Waals surface area contributed by atoms with E-state index in [0.29, 0.717) is 49.1 Å². The predicted octanol–water partition coefficient (Wildman–Crippen LogP) is 1.70. The molecule has 2 amide bonds. The lowest BCUT2D eigenvalue weighted by Crippen LogP contribution is -2.53. The summed E-state index contributed by atoms with van der Waals surface area (Å²) in [6.45, 7) is 4.75. The smallest absolute Gasteiger partial charge is 0.274 e. The number of piperazine rings is 1. The molecule has 0 radical (unpaired) electrons. The molecule has 9 heteroatoms. The second-order valence-electron chi connectivity index (χ2n) is 8.09. The summed E-state index contributed by atoms with van der Waals surface area (Å²) in [5, 5.41) is 4.49. The summed E-state index contributed by atoms with van der Waals surface area (Å²) in [6.07, 6.45) is 2.59. The molecule has 9 nitrogen and oxygen atoms in total. The Hall–Kier alpha value is -3.23. The van der Waals surface area contributed by atoms with E-state index in [0.717, 1.165) is 31.5 Å². The van der Waals surface area contributed by atoms with Gasteiger partial charge in [0.2, 0.25) is 6.79 Å². The van der Waals surface area contributed by atoms with Gasteiger partial charge in [0.05, 0.1) is 0 Å². The van der Waals surface area contributed by atoms with Crippen molar-refractivity contribution in [3.63, 3.8) is 0 Å². The topological polar surface area (TPSA) is 86.1 Å². The van der Waals surface area contributed by atoms with Gasteiger partial charge in [0.15, 0.2) is 23.3 Å². The van der Waals surface area contributed by atoms with Crippen LogP contribution in [0.15, 0.2) is 24.3 Å². The number of nitrogens with zero attached hydrogens (tertiary/aromatic N) is 4. The number of aromatic nitrogens is 2. The van der Waals surface area contributed by atoms with E-state index in [1.807, 2.05) is 10.7 Å². The van der Waals surface area contributed by atoms with E-state index in [1.165, 1.54) is 0 Å². The van der Waals surface area contributed by atoms with Crippen LogP contribution < -0.4 is 14.2 Å². The molecular weight excluding hydrogens is 400 g/mol. The molecule has 0 saturated carbocycles. The molecule has 3 aliphatic rings. The van der Waals surface area contributed by atoms with Crippen molar-refractivity contribution in [2.45, 2.75) is 38.8 Å². The Morgan fingerprint density at radius 2 is 1.77 bits per heavy atom. The van der Waals surface area contributed by atoms with Crippen LogP contribution in [-0.2, 0) is 17.8 Å². The van der Waals surface area contributed by atoms with Crippen LogP contribution in [0, 0.1) is 0 Å². The molecule has 3 aliphatic heterocycles. The van der Waals surface area contributed by atoms with Gasteiger partial charge in [0, 0.05) is 44.5 Å². The van der Waals surface area contributed by atoms with Crippen LogP contribution in [0.1, 0.15) is 35.9 Å². The maximum absolute atomic E-state index is 12.9. The van der Waals surface area contributed by atoms with Gasteiger partial charge in [-0.05, 0) is 44.4 Å². The number of ether oxygens (including phenoxy) is 3. The molecule has 1 atom stereocenters. The van der Waals surface area contributed by atoms with Crippen molar-refractivity contribution in [1.82, 2.24) is 19.6 Å². The zero-order chi connectivity index (χ0) is 21.4. The Balaban J connectivity index is 1.15. The SMILES string of the molecule is C[C@@H](Oc1ccc2c(c1)OCO2)C(=O)N1CCN(C(=O)c2cc3n(n2)CCCC3)CC1. The average molecular weight is 426 g/mol. The molecule has 2 aromatic rings. The van der Waals surface area contributed by atoms with Crippen molar-refractivity contribution in [3.8, 4) is 17.2 Å². The lowest BCUT2D eigenvalue weighted by molar-refractivity contribution is -0.139. The molecular formula is C22H26N4O5. The molecule has 0 bridgehead atoms. The number of hydrogen-bond acceptors (Lipinski definition) is 6. The van der Waals surface area contributed by atoms with Crippen molar-refractivity contribution >= 4 is 11.8 Å². The van der Waals surface area contributed by atoms with Crippen molar-refractivity contribution in [2.75, 3.05) is 33.0 Å². The summed E-state index contributed by atoms with van der Waals surface area (Å²) in [4.78, 5) is 29.2. The summed E-state index contributed by atoms with van der Waals surface area (Å²) in [6, 6.07) is 7.18. The second kappa shape index (κ2) is 8.13. The summed E-state index contributed by atoms with van der Waals surface area (Å²) in [5.41, 5.74) is 1.65. The van der Waals surface area contributed by atoms with Gasteiger partial charge in [0.25, 0.3) is 11.8 Å². The first kappa shape index (κ1) is 19.7. The highest BCUT2D eigenvalue weighted by atomic mass is 16.7. The third-order valence-corrected chi connectivity index (χ3v) is 6.02. The molecule has 1 fully saturated rings. The van der Waals surface area contributed by atoms with E-state index in [4.69, 9.17) is 14.2 Å². The highest BCUT2D eigenvalue weighted by Gasteiger charge is 2.30. The largest absolute Gasteiger partial charge is 0.481 e. The van der Waals surface area contributed by atoms with Crippen LogP contribution >= 0.6 is 0 Å². The quantitative estimate of drug-likeness (QED) is 0.740. The maximum atomic E-state index is 12.9. The lowest BCUT2D eigenvalue weighted by atomic mass is 10.1.